The van der Waals surface area contributed by atoms with E-state index in [2.05, 4.69) is 5.32 Å². The molecule has 5 heteroatoms. The molecule has 0 radical (unpaired) electrons. The molecule has 0 aliphatic carbocycles. The fraction of sp³-hybridized carbons (Fsp3) is 0.188. The van der Waals surface area contributed by atoms with Crippen molar-refractivity contribution in [3.05, 3.63) is 69.7 Å². The van der Waals surface area contributed by atoms with Crippen molar-refractivity contribution in [1.29, 1.82) is 0 Å². The third-order valence-electron chi connectivity index (χ3n) is 2.98. The molecule has 0 bridgehead atoms. The minimum Gasteiger partial charge on any atom is -0.388 e. The number of aliphatic hydroxyl groups excluding tert-OH is 1. The van der Waals surface area contributed by atoms with Gasteiger partial charge >= 0.3 is 0 Å². The number of nitrogens with one attached hydrogen (secondary N) is 1. The lowest BCUT2D eigenvalue weighted by molar-refractivity contribution is -0.123. The second-order valence-electron chi connectivity index (χ2n) is 4.69. The zero-order valence-electron chi connectivity index (χ0n) is 11.2. The number of hydrogen-bond donors (Lipinski definition) is 2. The van der Waals surface area contributed by atoms with Crippen LogP contribution in [0.4, 0.5) is 0 Å². The van der Waals surface area contributed by atoms with Gasteiger partial charge in [-0.25, -0.2) is 0 Å². The summed E-state index contributed by atoms with van der Waals surface area (Å²) in [5.41, 5.74) is 1.54. The quantitative estimate of drug-likeness (QED) is 0.880. The normalized spacial score (nSPS) is 12.0. The summed E-state index contributed by atoms with van der Waals surface area (Å²) in [6.45, 7) is 0.433. The zero-order chi connectivity index (χ0) is 15.2. The Labute approximate surface area is 133 Å². The summed E-state index contributed by atoms with van der Waals surface area (Å²) in [5, 5.41) is 13.7. The SMILES string of the molecule is O=C(CC(O)c1cc(Cl)cc(Cl)c1)NCc1ccccc1. The maximum atomic E-state index is 11.8. The second-order valence-corrected chi connectivity index (χ2v) is 5.56. The van der Waals surface area contributed by atoms with Crippen molar-refractivity contribution in [2.24, 2.45) is 0 Å². The molecule has 0 saturated heterocycles. The average Bonchev–Trinajstić information content (AvgIpc) is 2.45. The highest BCUT2D eigenvalue weighted by molar-refractivity contribution is 6.34. The largest absolute Gasteiger partial charge is 0.388 e. The van der Waals surface area contributed by atoms with Crippen LogP contribution < -0.4 is 5.32 Å². The highest BCUT2D eigenvalue weighted by Crippen LogP contribution is 2.25. The Morgan fingerprint density at radius 2 is 1.71 bits per heavy atom. The van der Waals surface area contributed by atoms with Gasteiger partial charge in [-0.1, -0.05) is 53.5 Å². The lowest BCUT2D eigenvalue weighted by atomic mass is 10.1. The lowest BCUT2D eigenvalue weighted by Gasteiger charge is -2.12. The van der Waals surface area contributed by atoms with E-state index in [0.717, 1.165) is 5.56 Å². The smallest absolute Gasteiger partial charge is 0.223 e. The number of benzene rings is 2. The van der Waals surface area contributed by atoms with Gasteiger partial charge in [-0.3, -0.25) is 4.79 Å². The standard InChI is InChI=1S/C16H15Cl2NO2/c17-13-6-12(7-14(18)8-13)15(20)9-16(21)19-10-11-4-2-1-3-5-11/h1-8,15,20H,9-10H2,(H,19,21). The number of halogens is 2. The number of rotatable bonds is 5. The van der Waals surface area contributed by atoms with E-state index in [-0.39, 0.29) is 12.3 Å². The van der Waals surface area contributed by atoms with Crippen molar-refractivity contribution in [3.63, 3.8) is 0 Å². The zero-order valence-corrected chi connectivity index (χ0v) is 12.7. The fourth-order valence-corrected chi connectivity index (χ4v) is 2.47. The molecular formula is C16H15Cl2NO2. The molecule has 110 valence electrons. The molecule has 0 spiro atoms. The van der Waals surface area contributed by atoms with E-state index < -0.39 is 6.10 Å². The first-order chi connectivity index (χ1) is 10.0. The molecule has 0 saturated carbocycles. The maximum absolute atomic E-state index is 11.8. The maximum Gasteiger partial charge on any atom is 0.223 e. The second kappa shape index (κ2) is 7.46. The van der Waals surface area contributed by atoms with Crippen LogP contribution in [0, 0.1) is 0 Å². The molecule has 2 N–H and O–H groups in total. The number of amides is 1. The van der Waals surface area contributed by atoms with Crippen molar-refractivity contribution in [2.75, 3.05) is 0 Å². The molecule has 1 atom stereocenters. The van der Waals surface area contributed by atoms with Crippen molar-refractivity contribution < 1.29 is 9.90 Å². The van der Waals surface area contributed by atoms with E-state index >= 15 is 0 Å². The van der Waals surface area contributed by atoms with Crippen LogP contribution in [0.25, 0.3) is 0 Å². The van der Waals surface area contributed by atoms with Gasteiger partial charge in [-0.2, -0.15) is 0 Å². The predicted molar refractivity (Wildman–Crippen MR) is 84.3 cm³/mol. The van der Waals surface area contributed by atoms with Crippen molar-refractivity contribution in [1.82, 2.24) is 5.32 Å². The first-order valence-corrected chi connectivity index (χ1v) is 7.25. The molecule has 0 aliphatic heterocycles. The Morgan fingerprint density at radius 1 is 1.10 bits per heavy atom. The van der Waals surface area contributed by atoms with E-state index in [1.165, 1.54) is 0 Å². The van der Waals surface area contributed by atoms with Gasteiger partial charge in [0.15, 0.2) is 0 Å². The van der Waals surface area contributed by atoms with Crippen LogP contribution in [0.15, 0.2) is 48.5 Å². The molecule has 3 nitrogen and oxygen atoms in total. The molecule has 2 aromatic rings. The minimum atomic E-state index is -0.933. The third-order valence-corrected chi connectivity index (χ3v) is 3.42. The van der Waals surface area contributed by atoms with E-state index in [1.54, 1.807) is 18.2 Å². The number of carbonyl (C=O) groups is 1. The highest BCUT2D eigenvalue weighted by atomic mass is 35.5. The number of aliphatic hydroxyl groups is 1. The van der Waals surface area contributed by atoms with Crippen LogP contribution in [-0.2, 0) is 11.3 Å². The minimum absolute atomic E-state index is 0.0382. The first kappa shape index (κ1) is 15.8. The molecule has 0 aliphatic rings. The summed E-state index contributed by atoms with van der Waals surface area (Å²) in [6.07, 6.45) is -0.972. The Bertz CT molecular complexity index is 597. The predicted octanol–water partition coefficient (Wildman–Crippen LogP) is 3.73. The third kappa shape index (κ3) is 5.05. The van der Waals surface area contributed by atoms with Crippen molar-refractivity contribution >= 4 is 29.1 Å². The van der Waals surface area contributed by atoms with Gasteiger partial charge in [0.2, 0.25) is 5.91 Å². The summed E-state index contributed by atoms with van der Waals surface area (Å²) in [5.74, 6) is -0.234. The van der Waals surface area contributed by atoms with Gasteiger partial charge in [0.1, 0.15) is 0 Å². The number of hydrogen-bond acceptors (Lipinski definition) is 2. The van der Waals surface area contributed by atoms with E-state index in [4.69, 9.17) is 23.2 Å². The van der Waals surface area contributed by atoms with Crippen molar-refractivity contribution in [3.8, 4) is 0 Å². The molecule has 1 unspecified atom stereocenters. The van der Waals surface area contributed by atoms with Gasteiger partial charge in [-0.15, -0.1) is 0 Å². The Morgan fingerprint density at radius 3 is 2.33 bits per heavy atom. The van der Waals surface area contributed by atoms with Gasteiger partial charge in [0, 0.05) is 16.6 Å². The summed E-state index contributed by atoms with van der Waals surface area (Å²) in [7, 11) is 0. The molecule has 2 rings (SSSR count). The Balaban J connectivity index is 1.90. The Hall–Kier alpha value is -1.55. The van der Waals surface area contributed by atoms with E-state index in [0.29, 0.717) is 22.2 Å². The van der Waals surface area contributed by atoms with Crippen LogP contribution in [-0.4, -0.2) is 11.0 Å². The van der Waals surface area contributed by atoms with Crippen LogP contribution in [0.3, 0.4) is 0 Å². The first-order valence-electron chi connectivity index (χ1n) is 6.49. The molecular weight excluding hydrogens is 309 g/mol. The molecule has 1 amide bonds. The van der Waals surface area contributed by atoms with Crippen LogP contribution >= 0.6 is 23.2 Å². The lowest BCUT2D eigenvalue weighted by Crippen LogP contribution is -2.24. The monoisotopic (exact) mass is 323 g/mol. The van der Waals surface area contributed by atoms with Gasteiger partial charge < -0.3 is 10.4 Å². The van der Waals surface area contributed by atoms with E-state index in [1.807, 2.05) is 30.3 Å². The molecule has 21 heavy (non-hydrogen) atoms. The summed E-state index contributed by atoms with van der Waals surface area (Å²) >= 11 is 11.8. The van der Waals surface area contributed by atoms with Crippen LogP contribution in [0.1, 0.15) is 23.7 Å². The topological polar surface area (TPSA) is 49.3 Å². The fourth-order valence-electron chi connectivity index (χ4n) is 1.93. The summed E-state index contributed by atoms with van der Waals surface area (Å²) in [6, 6.07) is 14.4. The van der Waals surface area contributed by atoms with Gasteiger partial charge in [0.25, 0.3) is 0 Å². The molecule has 2 aromatic carbocycles. The summed E-state index contributed by atoms with van der Waals surface area (Å²) in [4.78, 5) is 11.8. The summed E-state index contributed by atoms with van der Waals surface area (Å²) < 4.78 is 0. The van der Waals surface area contributed by atoms with Gasteiger partial charge in [-0.05, 0) is 29.3 Å². The highest BCUT2D eigenvalue weighted by Gasteiger charge is 2.14. The molecule has 0 fully saturated rings. The van der Waals surface area contributed by atoms with Gasteiger partial charge in [0.05, 0.1) is 12.5 Å². The van der Waals surface area contributed by atoms with Crippen LogP contribution in [0.5, 0.6) is 0 Å². The van der Waals surface area contributed by atoms with Crippen molar-refractivity contribution in [2.45, 2.75) is 19.1 Å². The van der Waals surface area contributed by atoms with Crippen LogP contribution in [0.2, 0.25) is 10.0 Å². The average molecular weight is 324 g/mol. The number of carbonyl (C=O) groups excluding carboxylic acids is 1. The Kier molecular flexibility index (Phi) is 5.62. The molecule has 0 aromatic heterocycles. The van der Waals surface area contributed by atoms with E-state index in [9.17, 15) is 9.90 Å². The molecule has 0 heterocycles.